The summed E-state index contributed by atoms with van der Waals surface area (Å²) >= 11 is 6.38. The molecule has 3 heterocycles. The van der Waals surface area contributed by atoms with Gasteiger partial charge in [0.05, 0.1) is 32.9 Å². The predicted molar refractivity (Wildman–Crippen MR) is 130 cm³/mol. The van der Waals surface area contributed by atoms with Crippen molar-refractivity contribution in [1.82, 2.24) is 9.97 Å². The summed E-state index contributed by atoms with van der Waals surface area (Å²) in [6, 6.07) is 6.68. The second-order valence-electron chi connectivity index (χ2n) is 8.39. The molecule has 0 spiro atoms. The highest BCUT2D eigenvalue weighted by Gasteiger charge is 2.32. The number of nitrogens with zero attached hydrogens (tertiary/aromatic N) is 4. The molecule has 1 saturated heterocycles. The average molecular weight is 580 g/mol. The van der Waals surface area contributed by atoms with Gasteiger partial charge in [0.2, 0.25) is 0 Å². The first-order valence-electron chi connectivity index (χ1n) is 11.1. The Bertz CT molecular complexity index is 1380. The van der Waals surface area contributed by atoms with Crippen molar-refractivity contribution in [2.24, 2.45) is 0 Å². The highest BCUT2D eigenvalue weighted by Crippen LogP contribution is 2.32. The van der Waals surface area contributed by atoms with E-state index in [1.165, 1.54) is 18.3 Å². The lowest BCUT2D eigenvalue weighted by Gasteiger charge is -2.24. The van der Waals surface area contributed by atoms with E-state index in [0.29, 0.717) is 56.4 Å². The molecule has 15 heteroatoms. The normalized spacial score (nSPS) is 15.3. The summed E-state index contributed by atoms with van der Waals surface area (Å²) in [5.74, 6) is 0.790. The van der Waals surface area contributed by atoms with Gasteiger partial charge in [-0.25, -0.2) is 18.4 Å². The van der Waals surface area contributed by atoms with Crippen molar-refractivity contribution in [2.45, 2.75) is 23.7 Å². The van der Waals surface area contributed by atoms with Crippen LogP contribution in [-0.4, -0.2) is 44.6 Å². The van der Waals surface area contributed by atoms with Crippen LogP contribution in [0, 0.1) is 0 Å². The third-order valence-corrected chi connectivity index (χ3v) is 7.44. The molecular weight excluding hydrogens is 560 g/mol. The van der Waals surface area contributed by atoms with E-state index >= 15 is 0 Å². The molecule has 1 aliphatic heterocycles. The summed E-state index contributed by atoms with van der Waals surface area (Å²) in [7, 11) is -4.20. The molecule has 0 aliphatic carbocycles. The predicted octanol–water partition coefficient (Wildman–Crippen LogP) is 5.69. The van der Waals surface area contributed by atoms with Gasteiger partial charge in [-0.2, -0.15) is 26.3 Å². The molecule has 1 fully saturated rings. The van der Waals surface area contributed by atoms with Crippen LogP contribution >= 0.6 is 11.6 Å². The zero-order valence-electron chi connectivity index (χ0n) is 19.4. The van der Waals surface area contributed by atoms with Crippen molar-refractivity contribution in [3.63, 3.8) is 0 Å². The molecule has 0 atom stereocenters. The zero-order chi connectivity index (χ0) is 27.7. The Hall–Kier alpha value is -3.26. The smallest absolute Gasteiger partial charge is 0.355 e. The maximum atomic E-state index is 12.8. The van der Waals surface area contributed by atoms with Gasteiger partial charge in [-0.15, -0.1) is 0 Å². The third kappa shape index (κ3) is 6.41. The molecule has 0 amide bonds. The fourth-order valence-electron chi connectivity index (χ4n) is 3.86. The van der Waals surface area contributed by atoms with E-state index in [1.54, 1.807) is 0 Å². The van der Waals surface area contributed by atoms with Gasteiger partial charge < -0.3 is 9.80 Å². The fraction of sp³-hybridized carbons (Fsp3) is 0.304. The van der Waals surface area contributed by atoms with E-state index in [9.17, 15) is 34.8 Å². The van der Waals surface area contributed by atoms with Gasteiger partial charge in [0, 0.05) is 32.4 Å². The Kier molecular flexibility index (Phi) is 7.66. The molecular formula is C23H20ClF6N5O2S. The maximum absolute atomic E-state index is 12.8. The monoisotopic (exact) mass is 579 g/mol. The van der Waals surface area contributed by atoms with Gasteiger partial charge in [-0.05, 0) is 48.9 Å². The molecule has 0 saturated carbocycles. The van der Waals surface area contributed by atoms with Gasteiger partial charge in [0.25, 0.3) is 10.0 Å². The number of halogens is 7. The molecule has 204 valence electrons. The van der Waals surface area contributed by atoms with Crippen molar-refractivity contribution in [2.75, 3.05) is 40.7 Å². The molecule has 7 nitrogen and oxygen atoms in total. The number of hydrogen-bond donors (Lipinski definition) is 1. The quantitative estimate of drug-likeness (QED) is 0.392. The molecule has 3 aromatic rings. The van der Waals surface area contributed by atoms with Crippen LogP contribution in [0.1, 0.15) is 17.5 Å². The summed E-state index contributed by atoms with van der Waals surface area (Å²) in [6.07, 6.45) is -6.41. The Labute approximate surface area is 219 Å². The number of sulfonamides is 1. The van der Waals surface area contributed by atoms with Gasteiger partial charge in [-0.3, -0.25) is 4.72 Å². The highest BCUT2D eigenvalue weighted by molar-refractivity contribution is 7.92. The lowest BCUT2D eigenvalue weighted by Crippen LogP contribution is -2.31. The molecule has 0 radical (unpaired) electrons. The standard InChI is InChI=1S/C23H20ClF6N5O2S/c24-19-12-17(33-38(36,37)18-5-2-15(3-6-18)22(25,26)27)14-32-21(19)35-9-1-8-34(10-11-35)20-7-4-16(13-31-20)23(28,29)30/h2-7,12-14,33H,1,8-11H2. The summed E-state index contributed by atoms with van der Waals surface area (Å²) < 4.78 is 104. The summed E-state index contributed by atoms with van der Waals surface area (Å²) in [6.45, 7) is 1.92. The van der Waals surface area contributed by atoms with Gasteiger partial charge in [0.1, 0.15) is 11.6 Å². The number of anilines is 3. The molecule has 1 aliphatic rings. The topological polar surface area (TPSA) is 78.4 Å². The van der Waals surface area contributed by atoms with Crippen LogP contribution in [0.4, 0.5) is 43.7 Å². The van der Waals surface area contributed by atoms with Gasteiger partial charge in [0.15, 0.2) is 0 Å². The van der Waals surface area contributed by atoms with Crippen molar-refractivity contribution >= 4 is 38.9 Å². The summed E-state index contributed by atoms with van der Waals surface area (Å²) in [5, 5.41) is 0.138. The molecule has 1 N–H and O–H groups in total. The molecule has 38 heavy (non-hydrogen) atoms. The van der Waals surface area contributed by atoms with Crippen molar-refractivity contribution in [1.29, 1.82) is 0 Å². The fourth-order valence-corrected chi connectivity index (χ4v) is 5.18. The second-order valence-corrected chi connectivity index (χ2v) is 10.5. The number of hydrogen-bond acceptors (Lipinski definition) is 6. The average Bonchev–Trinajstić information content (AvgIpc) is 3.09. The van der Waals surface area contributed by atoms with Crippen LogP contribution in [0.25, 0.3) is 0 Å². The summed E-state index contributed by atoms with van der Waals surface area (Å²) in [5.41, 5.74) is -1.79. The Balaban J connectivity index is 1.43. The molecule has 2 aromatic heterocycles. The number of benzene rings is 1. The lowest BCUT2D eigenvalue weighted by atomic mass is 10.2. The first-order chi connectivity index (χ1) is 17.7. The van der Waals surface area contributed by atoms with Gasteiger partial charge >= 0.3 is 12.4 Å². The van der Waals surface area contributed by atoms with E-state index in [-0.39, 0.29) is 15.6 Å². The van der Waals surface area contributed by atoms with Crippen LogP contribution in [0.5, 0.6) is 0 Å². The highest BCUT2D eigenvalue weighted by atomic mass is 35.5. The Morgan fingerprint density at radius 3 is 1.97 bits per heavy atom. The first-order valence-corrected chi connectivity index (χ1v) is 13.0. The Morgan fingerprint density at radius 2 is 1.39 bits per heavy atom. The molecule has 0 bridgehead atoms. The first kappa shape index (κ1) is 27.8. The van der Waals surface area contributed by atoms with Crippen LogP contribution < -0.4 is 14.5 Å². The van der Waals surface area contributed by atoms with Crippen molar-refractivity contribution in [3.05, 3.63) is 71.0 Å². The molecule has 0 unspecified atom stereocenters. The van der Waals surface area contributed by atoms with E-state index < -0.39 is 33.5 Å². The minimum Gasteiger partial charge on any atom is -0.355 e. The maximum Gasteiger partial charge on any atom is 0.417 e. The van der Waals surface area contributed by atoms with Crippen molar-refractivity contribution < 1.29 is 34.8 Å². The van der Waals surface area contributed by atoms with Crippen LogP contribution in [-0.2, 0) is 22.4 Å². The SMILES string of the molecule is O=S(=O)(Nc1cnc(N2CCCN(c3ccc(C(F)(F)F)cn3)CC2)c(Cl)c1)c1ccc(C(F)(F)F)cc1. The number of nitrogens with one attached hydrogen (secondary N) is 1. The van der Waals surface area contributed by atoms with E-state index in [2.05, 4.69) is 14.7 Å². The third-order valence-electron chi connectivity index (χ3n) is 5.76. The van der Waals surface area contributed by atoms with Crippen LogP contribution in [0.2, 0.25) is 5.02 Å². The second kappa shape index (κ2) is 10.5. The number of pyridine rings is 2. The number of alkyl halides is 6. The lowest BCUT2D eigenvalue weighted by molar-refractivity contribution is -0.138. The largest absolute Gasteiger partial charge is 0.417 e. The zero-order valence-corrected chi connectivity index (χ0v) is 21.0. The summed E-state index contributed by atoms with van der Waals surface area (Å²) in [4.78, 5) is 11.5. The van der Waals surface area contributed by atoms with Crippen LogP contribution in [0.15, 0.2) is 59.8 Å². The molecule has 4 rings (SSSR count). The minimum atomic E-state index is -4.60. The Morgan fingerprint density at radius 1 is 0.789 bits per heavy atom. The van der Waals surface area contributed by atoms with E-state index in [0.717, 1.165) is 24.4 Å². The minimum absolute atomic E-state index is 0.0176. The number of rotatable bonds is 5. The van der Waals surface area contributed by atoms with Crippen LogP contribution in [0.3, 0.4) is 0 Å². The van der Waals surface area contributed by atoms with E-state index in [1.807, 2.05) is 9.80 Å². The molecule has 1 aromatic carbocycles. The van der Waals surface area contributed by atoms with Gasteiger partial charge in [-0.1, -0.05) is 11.6 Å². The van der Waals surface area contributed by atoms with E-state index in [4.69, 9.17) is 11.6 Å². The van der Waals surface area contributed by atoms with Crippen molar-refractivity contribution in [3.8, 4) is 0 Å². The number of aromatic nitrogens is 2.